The number of nitrogens with zero attached hydrogens (tertiary/aromatic N) is 1. The van der Waals surface area contributed by atoms with Crippen molar-refractivity contribution >= 4 is 5.91 Å². The van der Waals surface area contributed by atoms with Crippen molar-refractivity contribution in [2.24, 2.45) is 5.41 Å². The lowest BCUT2D eigenvalue weighted by Crippen LogP contribution is -2.58. The van der Waals surface area contributed by atoms with Crippen molar-refractivity contribution in [1.29, 1.82) is 0 Å². The minimum Gasteiger partial charge on any atom is -0.336 e. The molecule has 1 rings (SSSR count). The summed E-state index contributed by atoms with van der Waals surface area (Å²) in [5.41, 5.74) is 0.196. The molecule has 1 atom stereocenters. The summed E-state index contributed by atoms with van der Waals surface area (Å²) in [5, 5.41) is 3.13. The fourth-order valence-electron chi connectivity index (χ4n) is 3.14. The number of piperidine rings is 1. The summed E-state index contributed by atoms with van der Waals surface area (Å²) in [6, 6.07) is 0.0167. The fraction of sp³-hybridized carbons (Fsp3) is 0.929. The number of carbonyl (C=O) groups excluding carboxylic acids is 1. The second-order valence-corrected chi connectivity index (χ2v) is 7.02. The van der Waals surface area contributed by atoms with E-state index in [4.69, 9.17) is 0 Å². The SMILES string of the molecule is CNC1CCCN(C(C)(C)CC(C)(C)C)C1=O. The van der Waals surface area contributed by atoms with Crippen LogP contribution in [0.2, 0.25) is 0 Å². The van der Waals surface area contributed by atoms with E-state index >= 15 is 0 Å². The number of nitrogens with one attached hydrogen (secondary N) is 1. The van der Waals surface area contributed by atoms with Crippen LogP contribution in [-0.2, 0) is 4.79 Å². The van der Waals surface area contributed by atoms with Crippen molar-refractivity contribution < 1.29 is 4.79 Å². The third-order valence-electron chi connectivity index (χ3n) is 3.48. The Morgan fingerprint density at radius 1 is 1.29 bits per heavy atom. The molecule has 17 heavy (non-hydrogen) atoms. The van der Waals surface area contributed by atoms with Crippen LogP contribution in [0.1, 0.15) is 53.9 Å². The molecule has 0 aromatic rings. The second-order valence-electron chi connectivity index (χ2n) is 7.02. The molecule has 0 aromatic heterocycles. The zero-order valence-electron chi connectivity index (χ0n) is 12.3. The molecule has 1 N–H and O–H groups in total. The maximum Gasteiger partial charge on any atom is 0.240 e. The van der Waals surface area contributed by atoms with E-state index in [1.807, 2.05) is 7.05 Å². The second kappa shape index (κ2) is 4.97. The summed E-state index contributed by atoms with van der Waals surface area (Å²) in [6.45, 7) is 12.0. The van der Waals surface area contributed by atoms with Gasteiger partial charge in [0.15, 0.2) is 0 Å². The number of rotatable bonds is 3. The van der Waals surface area contributed by atoms with Crippen LogP contribution in [-0.4, -0.2) is 36.0 Å². The summed E-state index contributed by atoms with van der Waals surface area (Å²) in [5.74, 6) is 0.271. The monoisotopic (exact) mass is 240 g/mol. The van der Waals surface area contributed by atoms with Crippen LogP contribution in [0.3, 0.4) is 0 Å². The van der Waals surface area contributed by atoms with Gasteiger partial charge in [-0.2, -0.15) is 0 Å². The van der Waals surface area contributed by atoms with Gasteiger partial charge in [0.25, 0.3) is 0 Å². The third kappa shape index (κ3) is 3.70. The summed E-state index contributed by atoms with van der Waals surface area (Å²) < 4.78 is 0. The quantitative estimate of drug-likeness (QED) is 0.821. The van der Waals surface area contributed by atoms with E-state index in [2.05, 4.69) is 44.8 Å². The molecule has 1 unspecified atom stereocenters. The Morgan fingerprint density at radius 3 is 2.35 bits per heavy atom. The Morgan fingerprint density at radius 2 is 1.88 bits per heavy atom. The van der Waals surface area contributed by atoms with Crippen molar-refractivity contribution in [3.05, 3.63) is 0 Å². The lowest BCUT2D eigenvalue weighted by Gasteiger charge is -2.46. The lowest BCUT2D eigenvalue weighted by molar-refractivity contribution is -0.142. The molecule has 1 heterocycles. The molecular weight excluding hydrogens is 212 g/mol. The molecule has 0 saturated carbocycles. The molecule has 3 nitrogen and oxygen atoms in total. The minimum atomic E-state index is -0.0507. The summed E-state index contributed by atoms with van der Waals surface area (Å²) in [6.07, 6.45) is 3.10. The number of hydrogen-bond donors (Lipinski definition) is 1. The van der Waals surface area contributed by atoms with Crippen LogP contribution in [0.15, 0.2) is 0 Å². The Labute approximate surface area is 106 Å². The van der Waals surface area contributed by atoms with Gasteiger partial charge in [0.05, 0.1) is 6.04 Å². The molecular formula is C14H28N2O. The van der Waals surface area contributed by atoms with E-state index in [0.717, 1.165) is 25.8 Å². The molecule has 1 aliphatic heterocycles. The molecule has 1 fully saturated rings. The first-order chi connectivity index (χ1) is 7.67. The molecule has 1 amide bonds. The average Bonchev–Trinajstić information content (AvgIpc) is 2.14. The molecule has 1 aliphatic rings. The van der Waals surface area contributed by atoms with Gasteiger partial charge in [0.1, 0.15) is 0 Å². The van der Waals surface area contributed by atoms with E-state index in [1.165, 1.54) is 0 Å². The van der Waals surface area contributed by atoms with Crippen LogP contribution in [0.25, 0.3) is 0 Å². The average molecular weight is 240 g/mol. The van der Waals surface area contributed by atoms with Gasteiger partial charge in [-0.3, -0.25) is 4.79 Å². The smallest absolute Gasteiger partial charge is 0.240 e. The summed E-state index contributed by atoms with van der Waals surface area (Å²) >= 11 is 0. The van der Waals surface area contributed by atoms with Crippen molar-refractivity contribution in [3.8, 4) is 0 Å². The standard InChI is InChI=1S/C14H28N2O/c1-13(2,3)10-14(4,5)16-9-7-8-11(15-6)12(16)17/h11,15H,7-10H2,1-6H3. The Bertz CT molecular complexity index is 278. The number of likely N-dealkylation sites (N-methyl/N-ethyl adjacent to an activating group) is 1. The first kappa shape index (κ1) is 14.5. The molecule has 0 aliphatic carbocycles. The topological polar surface area (TPSA) is 32.3 Å². The highest BCUT2D eigenvalue weighted by molar-refractivity contribution is 5.83. The van der Waals surface area contributed by atoms with Gasteiger partial charge in [-0.1, -0.05) is 20.8 Å². The molecule has 0 radical (unpaired) electrons. The summed E-state index contributed by atoms with van der Waals surface area (Å²) in [7, 11) is 1.88. The normalized spacial score (nSPS) is 23.1. The van der Waals surface area contributed by atoms with Gasteiger partial charge in [0.2, 0.25) is 5.91 Å². The molecule has 0 aromatic carbocycles. The maximum absolute atomic E-state index is 12.4. The molecule has 0 spiro atoms. The zero-order chi connectivity index (χ0) is 13.3. The van der Waals surface area contributed by atoms with Crippen molar-refractivity contribution in [2.75, 3.05) is 13.6 Å². The number of likely N-dealkylation sites (tertiary alicyclic amines) is 1. The van der Waals surface area contributed by atoms with Crippen LogP contribution in [0, 0.1) is 5.41 Å². The van der Waals surface area contributed by atoms with Crippen molar-refractivity contribution in [1.82, 2.24) is 10.2 Å². The van der Waals surface area contributed by atoms with E-state index in [-0.39, 0.29) is 22.9 Å². The number of carbonyl (C=O) groups is 1. The van der Waals surface area contributed by atoms with E-state index in [1.54, 1.807) is 0 Å². The lowest BCUT2D eigenvalue weighted by atomic mass is 9.80. The van der Waals surface area contributed by atoms with E-state index < -0.39 is 0 Å². The van der Waals surface area contributed by atoms with Crippen LogP contribution >= 0.6 is 0 Å². The first-order valence-electron chi connectivity index (χ1n) is 6.66. The predicted molar refractivity (Wildman–Crippen MR) is 71.9 cm³/mol. The number of hydrogen-bond acceptors (Lipinski definition) is 2. The fourth-order valence-corrected chi connectivity index (χ4v) is 3.14. The highest BCUT2D eigenvalue weighted by Gasteiger charge is 2.38. The Kier molecular flexibility index (Phi) is 4.23. The van der Waals surface area contributed by atoms with Gasteiger partial charge in [0, 0.05) is 12.1 Å². The van der Waals surface area contributed by atoms with E-state index in [9.17, 15) is 4.79 Å². The molecule has 0 bridgehead atoms. The van der Waals surface area contributed by atoms with Gasteiger partial charge in [-0.15, -0.1) is 0 Å². The van der Waals surface area contributed by atoms with Crippen molar-refractivity contribution in [2.45, 2.75) is 65.5 Å². The molecule has 1 saturated heterocycles. The zero-order valence-corrected chi connectivity index (χ0v) is 12.3. The van der Waals surface area contributed by atoms with E-state index in [0.29, 0.717) is 0 Å². The van der Waals surface area contributed by atoms with Gasteiger partial charge >= 0.3 is 0 Å². The number of amides is 1. The van der Waals surface area contributed by atoms with Gasteiger partial charge in [-0.05, 0) is 45.6 Å². The molecule has 100 valence electrons. The third-order valence-corrected chi connectivity index (χ3v) is 3.48. The van der Waals surface area contributed by atoms with Crippen LogP contribution in [0.4, 0.5) is 0 Å². The van der Waals surface area contributed by atoms with Crippen LogP contribution < -0.4 is 5.32 Å². The first-order valence-corrected chi connectivity index (χ1v) is 6.66. The van der Waals surface area contributed by atoms with Crippen molar-refractivity contribution in [3.63, 3.8) is 0 Å². The Balaban J connectivity index is 2.79. The summed E-state index contributed by atoms with van der Waals surface area (Å²) in [4.78, 5) is 14.4. The van der Waals surface area contributed by atoms with Gasteiger partial charge < -0.3 is 10.2 Å². The highest BCUT2D eigenvalue weighted by atomic mass is 16.2. The molecule has 3 heteroatoms. The minimum absolute atomic E-state index is 0.0167. The Hall–Kier alpha value is -0.570. The maximum atomic E-state index is 12.4. The van der Waals surface area contributed by atoms with Crippen LogP contribution in [0.5, 0.6) is 0 Å². The van der Waals surface area contributed by atoms with Gasteiger partial charge in [-0.25, -0.2) is 0 Å². The predicted octanol–water partition coefficient (Wildman–Crippen LogP) is 2.41. The largest absolute Gasteiger partial charge is 0.336 e. The highest BCUT2D eigenvalue weighted by Crippen LogP contribution is 2.33.